The molecule has 0 bridgehead atoms. The van der Waals surface area contributed by atoms with E-state index in [4.69, 9.17) is 39.9 Å². The molecule has 35 heavy (non-hydrogen) atoms. The Morgan fingerprint density at radius 3 is 2.49 bits per heavy atom. The minimum absolute atomic E-state index is 0.0954. The van der Waals surface area contributed by atoms with E-state index >= 15 is 0 Å². The summed E-state index contributed by atoms with van der Waals surface area (Å²) in [6.45, 7) is 6.03. The highest BCUT2D eigenvalue weighted by atomic mass is 35.5. The van der Waals surface area contributed by atoms with Gasteiger partial charge in [0.25, 0.3) is 5.91 Å². The molecule has 0 saturated heterocycles. The molecule has 3 aromatic rings. The van der Waals surface area contributed by atoms with Gasteiger partial charge in [-0.25, -0.2) is 4.68 Å². The van der Waals surface area contributed by atoms with Crippen LogP contribution in [-0.2, 0) is 0 Å². The molecule has 1 amide bonds. The molecule has 4 rings (SSSR count). The third-order valence-electron chi connectivity index (χ3n) is 6.80. The molecule has 0 radical (unpaired) electrons. The van der Waals surface area contributed by atoms with Crippen molar-refractivity contribution < 1.29 is 4.79 Å². The van der Waals surface area contributed by atoms with Crippen molar-refractivity contribution in [2.24, 2.45) is 5.92 Å². The summed E-state index contributed by atoms with van der Waals surface area (Å²) >= 11 is 18.9. The lowest BCUT2D eigenvalue weighted by Crippen LogP contribution is -2.39. The number of carbonyl (C=O) groups is 1. The lowest BCUT2D eigenvalue weighted by Gasteiger charge is -2.28. The molecule has 1 saturated carbocycles. The van der Waals surface area contributed by atoms with Crippen LogP contribution in [0.4, 0.5) is 0 Å². The van der Waals surface area contributed by atoms with Crippen molar-refractivity contribution in [3.63, 3.8) is 0 Å². The number of aromatic nitrogens is 2. The van der Waals surface area contributed by atoms with E-state index in [1.54, 1.807) is 16.8 Å². The Balaban J connectivity index is 1.76. The van der Waals surface area contributed by atoms with E-state index in [1.165, 1.54) is 19.3 Å². The van der Waals surface area contributed by atoms with Crippen molar-refractivity contribution in [3.8, 4) is 5.69 Å². The van der Waals surface area contributed by atoms with Gasteiger partial charge in [0.15, 0.2) is 5.69 Å². The molecule has 1 aliphatic rings. The van der Waals surface area contributed by atoms with E-state index < -0.39 is 0 Å². The molecule has 1 heterocycles. The fraction of sp³-hybridized carbons (Fsp3) is 0.357. The summed E-state index contributed by atoms with van der Waals surface area (Å²) in [5.74, 6) is 0.339. The largest absolute Gasteiger partial charge is 0.348 e. The van der Waals surface area contributed by atoms with E-state index in [1.807, 2.05) is 50.3 Å². The van der Waals surface area contributed by atoms with Crippen LogP contribution >= 0.6 is 34.8 Å². The Bertz CT molecular complexity index is 1260. The summed E-state index contributed by atoms with van der Waals surface area (Å²) in [4.78, 5) is 13.4. The highest BCUT2D eigenvalue weighted by Gasteiger charge is 2.26. The molecule has 184 valence electrons. The number of allylic oxidation sites excluding steroid dienone is 1. The third-order valence-corrected chi connectivity index (χ3v) is 7.57. The number of nitrogens with one attached hydrogen (secondary N) is 1. The van der Waals surface area contributed by atoms with Gasteiger partial charge in [0.1, 0.15) is 0 Å². The van der Waals surface area contributed by atoms with E-state index in [0.717, 1.165) is 35.2 Å². The Labute approximate surface area is 222 Å². The number of nitrogens with zero attached hydrogens (tertiary/aromatic N) is 2. The van der Waals surface area contributed by atoms with E-state index in [2.05, 4.69) is 12.2 Å². The van der Waals surface area contributed by atoms with Crippen LogP contribution in [0.2, 0.25) is 15.1 Å². The van der Waals surface area contributed by atoms with Gasteiger partial charge >= 0.3 is 0 Å². The fourth-order valence-corrected chi connectivity index (χ4v) is 5.63. The molecule has 0 spiro atoms. The molecule has 7 heteroatoms. The predicted octanol–water partition coefficient (Wildman–Crippen LogP) is 8.40. The van der Waals surface area contributed by atoms with Crippen molar-refractivity contribution in [2.75, 3.05) is 0 Å². The first kappa shape index (κ1) is 25.8. The summed E-state index contributed by atoms with van der Waals surface area (Å²) in [7, 11) is 0. The highest BCUT2D eigenvalue weighted by molar-refractivity contribution is 6.35. The first-order chi connectivity index (χ1) is 16.7. The fourth-order valence-electron chi connectivity index (χ4n) is 4.94. The second kappa shape index (κ2) is 11.2. The van der Waals surface area contributed by atoms with Crippen molar-refractivity contribution in [3.05, 3.63) is 80.0 Å². The van der Waals surface area contributed by atoms with Crippen LogP contribution in [0.5, 0.6) is 0 Å². The normalized spacial score (nSPS) is 15.8. The molecular weight excluding hydrogens is 501 g/mol. The van der Waals surface area contributed by atoms with Crippen LogP contribution in [-0.4, -0.2) is 21.7 Å². The number of hydrogen-bond acceptors (Lipinski definition) is 2. The number of amides is 1. The SMILES string of the molecule is CC(=Cc1cccc(Cl)c1)c1c(C)c(C(=O)N[C@H](C)C2CCCCC2)nn1-c1ccc(Cl)cc1Cl. The Morgan fingerprint density at radius 1 is 1.09 bits per heavy atom. The lowest BCUT2D eigenvalue weighted by atomic mass is 9.84. The summed E-state index contributed by atoms with van der Waals surface area (Å²) in [5.41, 5.74) is 4.55. The van der Waals surface area contributed by atoms with Crippen LogP contribution in [0.3, 0.4) is 0 Å². The smallest absolute Gasteiger partial charge is 0.272 e. The van der Waals surface area contributed by atoms with E-state index in [9.17, 15) is 4.79 Å². The Kier molecular flexibility index (Phi) is 8.26. The van der Waals surface area contributed by atoms with Crippen LogP contribution in [0.15, 0.2) is 42.5 Å². The van der Waals surface area contributed by atoms with Gasteiger partial charge in [-0.15, -0.1) is 0 Å². The molecule has 0 unspecified atom stereocenters. The van der Waals surface area contributed by atoms with Crippen LogP contribution in [0, 0.1) is 12.8 Å². The highest BCUT2D eigenvalue weighted by Crippen LogP contribution is 2.32. The van der Waals surface area contributed by atoms with Gasteiger partial charge in [0.2, 0.25) is 0 Å². The van der Waals surface area contributed by atoms with Crippen molar-refractivity contribution in [1.82, 2.24) is 15.1 Å². The minimum atomic E-state index is -0.166. The average molecular weight is 531 g/mol. The monoisotopic (exact) mass is 529 g/mol. The third kappa shape index (κ3) is 5.94. The molecular formula is C28H30Cl3N3O. The number of halogens is 3. The molecule has 1 aliphatic carbocycles. The molecule has 1 atom stereocenters. The molecule has 1 aromatic heterocycles. The number of benzene rings is 2. The zero-order valence-corrected chi connectivity index (χ0v) is 22.5. The van der Waals surface area contributed by atoms with Gasteiger partial charge < -0.3 is 5.32 Å². The first-order valence-corrected chi connectivity index (χ1v) is 13.2. The van der Waals surface area contributed by atoms with E-state index in [-0.39, 0.29) is 11.9 Å². The topological polar surface area (TPSA) is 46.9 Å². The van der Waals surface area contributed by atoms with Gasteiger partial charge in [-0.2, -0.15) is 5.10 Å². The minimum Gasteiger partial charge on any atom is -0.348 e. The zero-order valence-electron chi connectivity index (χ0n) is 20.2. The zero-order chi connectivity index (χ0) is 25.1. The maximum Gasteiger partial charge on any atom is 0.272 e. The summed E-state index contributed by atoms with van der Waals surface area (Å²) in [6, 6.07) is 13.0. The van der Waals surface area contributed by atoms with Crippen LogP contribution in [0.1, 0.15) is 73.3 Å². The quantitative estimate of drug-likeness (QED) is 0.348. The second-order valence-corrected chi connectivity index (χ2v) is 10.7. The van der Waals surface area contributed by atoms with E-state index in [0.29, 0.717) is 32.4 Å². The maximum atomic E-state index is 13.4. The summed E-state index contributed by atoms with van der Waals surface area (Å²) in [6.07, 6.45) is 8.08. The predicted molar refractivity (Wildman–Crippen MR) is 147 cm³/mol. The summed E-state index contributed by atoms with van der Waals surface area (Å²) in [5, 5.41) is 9.63. The van der Waals surface area contributed by atoms with Gasteiger partial charge in [0, 0.05) is 21.7 Å². The summed E-state index contributed by atoms with van der Waals surface area (Å²) < 4.78 is 1.74. The van der Waals surface area contributed by atoms with Crippen LogP contribution in [0.25, 0.3) is 17.3 Å². The van der Waals surface area contributed by atoms with Crippen molar-refractivity contribution >= 4 is 52.4 Å². The Hall–Kier alpha value is -2.27. The van der Waals surface area contributed by atoms with Crippen LogP contribution < -0.4 is 5.32 Å². The number of carbonyl (C=O) groups excluding carboxylic acids is 1. The van der Waals surface area contributed by atoms with Gasteiger partial charge in [-0.1, -0.05) is 66.2 Å². The van der Waals surface area contributed by atoms with Gasteiger partial charge in [-0.3, -0.25) is 4.79 Å². The van der Waals surface area contributed by atoms with Gasteiger partial charge in [0.05, 0.1) is 16.4 Å². The molecule has 4 nitrogen and oxygen atoms in total. The Morgan fingerprint density at radius 2 is 1.80 bits per heavy atom. The average Bonchev–Trinajstić information content (AvgIpc) is 3.16. The molecule has 1 fully saturated rings. The molecule has 1 N–H and O–H groups in total. The second-order valence-electron chi connectivity index (χ2n) is 9.37. The van der Waals surface area contributed by atoms with Crippen molar-refractivity contribution in [1.29, 1.82) is 0 Å². The van der Waals surface area contributed by atoms with Gasteiger partial charge in [-0.05, 0) is 87.1 Å². The lowest BCUT2D eigenvalue weighted by molar-refractivity contribution is 0.0913. The molecule has 0 aliphatic heterocycles. The first-order valence-electron chi connectivity index (χ1n) is 12.0. The standard InChI is InChI=1S/C28H30Cl3N3O/c1-17(14-20-8-7-11-22(29)15-20)27-18(2)26(28(35)32-19(3)21-9-5-4-6-10-21)33-34(27)25-13-12-23(30)16-24(25)31/h7-8,11-16,19,21H,4-6,9-10H2,1-3H3,(H,32,35)/t19-/m1/s1. The number of rotatable bonds is 6. The molecule has 2 aromatic carbocycles. The number of hydrogen-bond donors (Lipinski definition) is 1. The van der Waals surface area contributed by atoms with Crippen molar-refractivity contribution in [2.45, 2.75) is 58.9 Å². The maximum absolute atomic E-state index is 13.4.